The number of benzene rings is 3. The van der Waals surface area contributed by atoms with Gasteiger partial charge in [-0.2, -0.15) is 0 Å². The SMILES string of the molecule is O=C(NCCCO)c1cc2c3c(ccc2[nH]1)N(C(=O)c1cc2c4c(ccc2[nH]1)N(C(=O)c1cc2c5c(ccc2[nH]1)N(C(=O)CCCO[P+](=O)O)CC5)CC4)CC3. The van der Waals surface area contributed by atoms with Crippen molar-refractivity contribution in [1.82, 2.24) is 20.3 Å². The second-order valence-corrected chi connectivity index (χ2v) is 15.1. The maximum Gasteiger partial charge on any atom is 0.694 e. The number of aromatic nitrogens is 3. The van der Waals surface area contributed by atoms with E-state index in [-0.39, 0.29) is 43.3 Å². The number of H-pyrrole nitrogens is 3. The van der Waals surface area contributed by atoms with Gasteiger partial charge in [0.1, 0.15) is 23.7 Å². The van der Waals surface area contributed by atoms with Crippen molar-refractivity contribution in [3.8, 4) is 0 Å². The highest BCUT2D eigenvalue weighted by Crippen LogP contribution is 2.40. The molecule has 9 rings (SSSR count). The van der Waals surface area contributed by atoms with Crippen LogP contribution in [0.2, 0.25) is 0 Å². The Labute approximate surface area is 320 Å². The number of hydrogen-bond donors (Lipinski definition) is 6. The number of nitrogens with zero attached hydrogens (tertiary/aromatic N) is 3. The summed E-state index contributed by atoms with van der Waals surface area (Å²) >= 11 is 0. The van der Waals surface area contributed by atoms with Crippen molar-refractivity contribution in [2.24, 2.45) is 0 Å². The first kappa shape index (κ1) is 35.8. The first-order valence-corrected chi connectivity index (χ1v) is 19.9. The van der Waals surface area contributed by atoms with Crippen LogP contribution in [0.5, 0.6) is 0 Å². The summed E-state index contributed by atoms with van der Waals surface area (Å²) in [6.07, 6.45) is 2.93. The quantitative estimate of drug-likeness (QED) is 0.0780. The molecular weight excluding hydrogens is 737 g/mol. The van der Waals surface area contributed by atoms with Gasteiger partial charge in [-0.25, -0.2) is 0 Å². The topological polar surface area (TPSA) is 204 Å². The molecule has 1 atom stereocenters. The second kappa shape index (κ2) is 14.3. The van der Waals surface area contributed by atoms with Crippen molar-refractivity contribution in [2.75, 3.05) is 54.1 Å². The summed E-state index contributed by atoms with van der Waals surface area (Å²) in [7, 11) is -2.69. The number of aliphatic hydroxyl groups is 1. The van der Waals surface area contributed by atoms with Gasteiger partial charge in [0.05, 0.1) is 0 Å². The van der Waals surface area contributed by atoms with E-state index in [1.54, 1.807) is 14.7 Å². The highest BCUT2D eigenvalue weighted by molar-refractivity contribution is 7.32. The number of amides is 4. The molecule has 6 N–H and O–H groups in total. The third kappa shape index (κ3) is 6.13. The summed E-state index contributed by atoms with van der Waals surface area (Å²) in [5.74, 6) is -0.648. The second-order valence-electron chi connectivity index (χ2n) is 14.3. The van der Waals surface area contributed by atoms with E-state index in [4.69, 9.17) is 10.00 Å². The van der Waals surface area contributed by atoms with Crippen LogP contribution in [0.3, 0.4) is 0 Å². The van der Waals surface area contributed by atoms with Crippen molar-refractivity contribution in [3.05, 3.63) is 88.4 Å². The van der Waals surface area contributed by atoms with Crippen LogP contribution in [0.25, 0.3) is 32.7 Å². The zero-order chi connectivity index (χ0) is 38.7. The van der Waals surface area contributed by atoms with E-state index in [0.717, 1.165) is 66.5 Å². The lowest BCUT2D eigenvalue weighted by Gasteiger charge is -2.17. The average molecular weight is 777 g/mol. The Bertz CT molecular complexity index is 2630. The average Bonchev–Trinajstić information content (AvgIpc) is 4.04. The largest absolute Gasteiger partial charge is 0.694 e. The minimum Gasteiger partial charge on any atom is -0.396 e. The smallest absolute Gasteiger partial charge is 0.396 e. The van der Waals surface area contributed by atoms with Crippen LogP contribution < -0.4 is 20.0 Å². The van der Waals surface area contributed by atoms with E-state index in [1.165, 1.54) is 0 Å². The molecule has 6 aromatic rings. The van der Waals surface area contributed by atoms with E-state index in [9.17, 15) is 23.7 Å². The van der Waals surface area contributed by atoms with Gasteiger partial charge < -0.3 is 40.1 Å². The van der Waals surface area contributed by atoms with E-state index >= 15 is 0 Å². The minimum atomic E-state index is -2.69. The first-order valence-electron chi connectivity index (χ1n) is 18.8. The maximum atomic E-state index is 14.1. The number of anilines is 3. The van der Waals surface area contributed by atoms with Gasteiger partial charge in [-0.3, -0.25) is 19.2 Å². The lowest BCUT2D eigenvalue weighted by molar-refractivity contribution is -0.118. The number of fused-ring (bicyclic) bond motifs is 9. The van der Waals surface area contributed by atoms with Crippen molar-refractivity contribution in [1.29, 1.82) is 0 Å². The molecule has 0 aliphatic carbocycles. The minimum absolute atomic E-state index is 0.00203. The first-order chi connectivity index (χ1) is 27.2. The van der Waals surface area contributed by atoms with Gasteiger partial charge in [0.2, 0.25) is 5.91 Å². The fourth-order valence-electron chi connectivity index (χ4n) is 8.54. The summed E-state index contributed by atoms with van der Waals surface area (Å²) in [6.45, 7) is 1.91. The Kier molecular flexibility index (Phi) is 9.17. The molecule has 0 saturated carbocycles. The Balaban J connectivity index is 0.926. The normalized spacial score (nSPS) is 14.9. The molecule has 286 valence electrons. The van der Waals surface area contributed by atoms with Gasteiger partial charge in [-0.1, -0.05) is 0 Å². The standard InChI is InChI=1S/C40H38N7O8P/c48-17-2-13-41-38(50)31-19-25-23-11-15-46(35(23)8-5-28(25)42-31)40(52)33-21-27-24-12-16-47(36(24)9-6-30(27)44-33)39(51)32-20-26-22-10-14-45(34(22)7-4-29(26)43-32)37(49)3-1-18-55-56(53)54/h4-9,19-21,48H,1-3,10-18H2,(H4-,41,42,43,44,50,51,52,53,54)/p+1. The molecule has 0 spiro atoms. The third-order valence-electron chi connectivity index (χ3n) is 11.2. The fourth-order valence-corrected chi connectivity index (χ4v) is 8.82. The van der Waals surface area contributed by atoms with Crippen molar-refractivity contribution >= 4 is 81.7 Å². The number of rotatable bonds is 11. The third-order valence-corrected chi connectivity index (χ3v) is 11.6. The van der Waals surface area contributed by atoms with E-state index < -0.39 is 8.25 Å². The maximum absolute atomic E-state index is 14.1. The summed E-state index contributed by atoms with van der Waals surface area (Å²) in [5.41, 5.74) is 9.19. The highest BCUT2D eigenvalue weighted by atomic mass is 31.1. The monoisotopic (exact) mass is 776 g/mol. The zero-order valence-electron chi connectivity index (χ0n) is 30.3. The van der Waals surface area contributed by atoms with Crippen molar-refractivity contribution in [2.45, 2.75) is 38.5 Å². The number of aliphatic hydroxyl groups excluding tert-OH is 1. The molecule has 3 aromatic carbocycles. The van der Waals surface area contributed by atoms with Crippen LogP contribution in [-0.2, 0) is 33.1 Å². The van der Waals surface area contributed by atoms with Gasteiger partial charge in [0.15, 0.2) is 0 Å². The molecule has 3 aromatic heterocycles. The molecule has 0 saturated heterocycles. The van der Waals surface area contributed by atoms with Gasteiger partial charge in [0.25, 0.3) is 17.7 Å². The predicted molar refractivity (Wildman–Crippen MR) is 211 cm³/mol. The molecule has 3 aliphatic heterocycles. The highest BCUT2D eigenvalue weighted by Gasteiger charge is 2.33. The Morgan fingerprint density at radius 2 is 1.14 bits per heavy atom. The Hall–Kier alpha value is -5.86. The molecule has 3 aliphatic rings. The number of carbonyl (C=O) groups is 4. The lowest BCUT2D eigenvalue weighted by Crippen LogP contribution is -2.29. The van der Waals surface area contributed by atoms with Crippen LogP contribution >= 0.6 is 8.25 Å². The van der Waals surface area contributed by atoms with Crippen LogP contribution in [0.15, 0.2) is 54.6 Å². The molecule has 1 unspecified atom stereocenters. The van der Waals surface area contributed by atoms with Gasteiger partial charge in [0, 0.05) is 93.5 Å². The van der Waals surface area contributed by atoms with E-state index in [2.05, 4.69) is 24.8 Å². The van der Waals surface area contributed by atoms with Gasteiger partial charge in [-0.15, -0.1) is 9.42 Å². The molecule has 6 heterocycles. The molecule has 56 heavy (non-hydrogen) atoms. The number of carbonyl (C=O) groups excluding carboxylic acids is 4. The fraction of sp³-hybridized carbons (Fsp3) is 0.300. The molecule has 16 heteroatoms. The lowest BCUT2D eigenvalue weighted by atomic mass is 10.1. The Morgan fingerprint density at radius 3 is 1.64 bits per heavy atom. The van der Waals surface area contributed by atoms with Crippen LogP contribution in [-0.4, -0.2) is 88.0 Å². The van der Waals surface area contributed by atoms with E-state index in [0.29, 0.717) is 75.4 Å². The molecule has 4 amide bonds. The summed E-state index contributed by atoms with van der Waals surface area (Å²) in [6, 6.07) is 17.0. The van der Waals surface area contributed by atoms with Crippen molar-refractivity contribution < 1.29 is 38.3 Å². The van der Waals surface area contributed by atoms with Crippen LogP contribution in [0.1, 0.15) is 67.4 Å². The summed E-state index contributed by atoms with van der Waals surface area (Å²) < 4.78 is 15.5. The number of aromatic amines is 3. The number of hydrogen-bond acceptors (Lipinski definition) is 7. The van der Waals surface area contributed by atoms with Crippen LogP contribution in [0.4, 0.5) is 17.1 Å². The van der Waals surface area contributed by atoms with Gasteiger partial charge >= 0.3 is 8.25 Å². The Morgan fingerprint density at radius 1 is 0.679 bits per heavy atom. The summed E-state index contributed by atoms with van der Waals surface area (Å²) in [4.78, 5) is 77.6. The van der Waals surface area contributed by atoms with E-state index in [1.807, 2.05) is 54.6 Å². The van der Waals surface area contributed by atoms with Crippen molar-refractivity contribution in [3.63, 3.8) is 0 Å². The molecule has 0 radical (unpaired) electrons. The van der Waals surface area contributed by atoms with Crippen LogP contribution in [0, 0.1) is 0 Å². The number of nitrogens with one attached hydrogen (secondary N) is 4. The summed E-state index contributed by atoms with van der Waals surface area (Å²) in [5, 5.41) is 14.5. The zero-order valence-corrected chi connectivity index (χ0v) is 31.2. The molecule has 0 fully saturated rings. The van der Waals surface area contributed by atoms with Gasteiger partial charge in [-0.05, 0) is 103 Å². The molecular formula is C40H39N7O8P+. The predicted octanol–water partition coefficient (Wildman–Crippen LogP) is 4.98. The molecule has 15 nitrogen and oxygen atoms in total. The molecule has 0 bridgehead atoms.